The molecule has 0 spiro atoms. The van der Waals surface area contributed by atoms with Crippen LogP contribution in [0.4, 0.5) is 11.4 Å². The van der Waals surface area contributed by atoms with Crippen LogP contribution < -0.4 is 10.2 Å². The van der Waals surface area contributed by atoms with E-state index in [4.69, 9.17) is 0 Å². The van der Waals surface area contributed by atoms with Crippen LogP contribution in [0.2, 0.25) is 0 Å². The van der Waals surface area contributed by atoms with E-state index in [1.807, 2.05) is 30.3 Å². The Kier molecular flexibility index (Phi) is 6.11. The summed E-state index contributed by atoms with van der Waals surface area (Å²) in [7, 11) is -3.72. The van der Waals surface area contributed by atoms with Crippen LogP contribution in [0, 0.1) is 5.92 Å². The maximum Gasteiger partial charge on any atom is 0.243 e. The lowest BCUT2D eigenvalue weighted by molar-refractivity contribution is -0.121. The number of nitrogens with one attached hydrogen (secondary N) is 1. The fourth-order valence-corrected chi connectivity index (χ4v) is 5.93. The van der Waals surface area contributed by atoms with Crippen LogP contribution in [0.5, 0.6) is 0 Å². The summed E-state index contributed by atoms with van der Waals surface area (Å²) < 4.78 is 28.1. The van der Waals surface area contributed by atoms with Crippen LogP contribution in [0.25, 0.3) is 0 Å². The Labute approximate surface area is 183 Å². The van der Waals surface area contributed by atoms with Crippen LogP contribution in [0.3, 0.4) is 0 Å². The number of carbonyl (C=O) groups is 2. The molecule has 7 nitrogen and oxygen atoms in total. The molecule has 1 saturated heterocycles. The number of para-hydroxylation sites is 1. The molecule has 0 bridgehead atoms. The molecule has 4 rings (SSSR count). The molecule has 2 aromatic rings. The number of amides is 2. The van der Waals surface area contributed by atoms with Gasteiger partial charge < -0.3 is 10.2 Å². The van der Waals surface area contributed by atoms with Gasteiger partial charge in [-0.3, -0.25) is 9.59 Å². The van der Waals surface area contributed by atoms with Gasteiger partial charge in [0.25, 0.3) is 0 Å². The quantitative estimate of drug-likeness (QED) is 0.790. The van der Waals surface area contributed by atoms with Crippen molar-refractivity contribution in [2.24, 2.45) is 5.92 Å². The molecule has 31 heavy (non-hydrogen) atoms. The van der Waals surface area contributed by atoms with Crippen molar-refractivity contribution in [1.29, 1.82) is 0 Å². The molecule has 2 aliphatic heterocycles. The number of fused-ring (bicyclic) bond motifs is 1. The summed E-state index contributed by atoms with van der Waals surface area (Å²) in [5.41, 5.74) is 2.37. The van der Waals surface area contributed by atoms with Crippen molar-refractivity contribution in [3.05, 3.63) is 54.1 Å². The second-order valence-corrected chi connectivity index (χ2v) is 10.1. The van der Waals surface area contributed by atoms with Gasteiger partial charge in [-0.05, 0) is 61.6 Å². The normalized spacial score (nSPS) is 19.5. The van der Waals surface area contributed by atoms with Gasteiger partial charge in [-0.25, -0.2) is 8.42 Å². The van der Waals surface area contributed by atoms with E-state index in [1.165, 1.54) is 11.2 Å². The summed E-state index contributed by atoms with van der Waals surface area (Å²) in [5.74, 6) is -0.594. The first-order valence-electron chi connectivity index (χ1n) is 10.6. The molecule has 2 heterocycles. The lowest BCUT2D eigenvalue weighted by Crippen LogP contribution is -2.43. The van der Waals surface area contributed by atoms with Crippen molar-refractivity contribution in [2.75, 3.05) is 29.9 Å². The molecule has 0 aromatic heterocycles. The topological polar surface area (TPSA) is 86.8 Å². The Bertz CT molecular complexity index is 1090. The second-order valence-electron chi connectivity index (χ2n) is 8.12. The van der Waals surface area contributed by atoms with E-state index < -0.39 is 15.9 Å². The average Bonchev–Trinajstić information content (AvgIpc) is 2.79. The highest BCUT2D eigenvalue weighted by Gasteiger charge is 2.34. The minimum atomic E-state index is -3.72. The van der Waals surface area contributed by atoms with Gasteiger partial charge in [-0.2, -0.15) is 4.31 Å². The highest BCUT2D eigenvalue weighted by Crippen LogP contribution is 2.32. The third kappa shape index (κ3) is 4.50. The van der Waals surface area contributed by atoms with Crippen LogP contribution in [0.15, 0.2) is 53.4 Å². The third-order valence-corrected chi connectivity index (χ3v) is 7.84. The number of anilines is 2. The minimum absolute atomic E-state index is 0.0418. The van der Waals surface area contributed by atoms with Gasteiger partial charge in [-0.1, -0.05) is 18.2 Å². The van der Waals surface area contributed by atoms with Crippen molar-refractivity contribution in [2.45, 2.75) is 37.5 Å². The summed E-state index contributed by atoms with van der Waals surface area (Å²) >= 11 is 0. The zero-order valence-corrected chi connectivity index (χ0v) is 18.4. The fourth-order valence-electron chi connectivity index (χ4n) is 4.35. The maximum atomic E-state index is 13.3. The molecule has 2 aliphatic rings. The summed E-state index contributed by atoms with van der Waals surface area (Å²) in [6.45, 7) is 2.73. The predicted octanol–water partition coefficient (Wildman–Crippen LogP) is 3.03. The van der Waals surface area contributed by atoms with Gasteiger partial charge in [0, 0.05) is 37.9 Å². The molecule has 164 valence electrons. The molecule has 2 amide bonds. The van der Waals surface area contributed by atoms with E-state index in [9.17, 15) is 18.0 Å². The molecule has 1 atom stereocenters. The van der Waals surface area contributed by atoms with Gasteiger partial charge >= 0.3 is 0 Å². The Morgan fingerprint density at radius 3 is 2.55 bits per heavy atom. The smallest absolute Gasteiger partial charge is 0.243 e. The number of rotatable bonds is 4. The lowest BCUT2D eigenvalue weighted by atomic mass is 9.99. The molecule has 1 N–H and O–H groups in total. The number of hydrogen-bond donors (Lipinski definition) is 1. The highest BCUT2D eigenvalue weighted by atomic mass is 32.2. The molecule has 1 unspecified atom stereocenters. The van der Waals surface area contributed by atoms with E-state index in [0.717, 1.165) is 24.1 Å². The Morgan fingerprint density at radius 2 is 1.81 bits per heavy atom. The van der Waals surface area contributed by atoms with E-state index in [2.05, 4.69) is 5.32 Å². The van der Waals surface area contributed by atoms with Crippen LogP contribution in [-0.4, -0.2) is 44.2 Å². The molecule has 8 heteroatoms. The molecule has 0 aliphatic carbocycles. The summed E-state index contributed by atoms with van der Waals surface area (Å²) in [6, 6.07) is 14.2. The summed E-state index contributed by atoms with van der Waals surface area (Å²) in [6.07, 6.45) is 2.84. The number of hydrogen-bond acceptors (Lipinski definition) is 4. The molecular formula is C23H27N3O4S. The Morgan fingerprint density at radius 1 is 1.03 bits per heavy atom. The fraction of sp³-hybridized carbons (Fsp3) is 0.391. The first-order valence-corrected chi connectivity index (χ1v) is 12.1. The molecule has 2 aromatic carbocycles. The third-order valence-electron chi connectivity index (χ3n) is 5.98. The first kappa shape index (κ1) is 21.5. The van der Waals surface area contributed by atoms with E-state index in [0.29, 0.717) is 31.6 Å². The Hall–Kier alpha value is -2.71. The number of piperidine rings is 1. The summed E-state index contributed by atoms with van der Waals surface area (Å²) in [5, 5.41) is 2.88. The number of nitrogens with zero attached hydrogens (tertiary/aromatic N) is 2. The molecular weight excluding hydrogens is 414 g/mol. The SMILES string of the molecule is CC(=O)N1CCCc2cc(S(=O)(=O)N3CCCC(C(=O)Nc4ccccc4)C3)ccc21. The van der Waals surface area contributed by atoms with Crippen molar-refractivity contribution in [3.8, 4) is 0 Å². The molecule has 0 saturated carbocycles. The van der Waals surface area contributed by atoms with Crippen LogP contribution in [-0.2, 0) is 26.0 Å². The standard InChI is InChI=1S/C23H27N3O4S/c1-17(27)26-14-6-7-18-15-21(11-12-22(18)26)31(29,30)25-13-5-8-19(16-25)23(28)24-20-9-3-2-4-10-20/h2-4,9-12,15,19H,5-8,13-14,16H2,1H3,(H,24,28). The minimum Gasteiger partial charge on any atom is -0.326 e. The molecule has 1 fully saturated rings. The van der Waals surface area contributed by atoms with Gasteiger partial charge in [0.1, 0.15) is 0 Å². The van der Waals surface area contributed by atoms with Gasteiger partial charge in [0.15, 0.2) is 0 Å². The Balaban J connectivity index is 1.52. The molecule has 0 radical (unpaired) electrons. The lowest BCUT2D eigenvalue weighted by Gasteiger charge is -2.32. The van der Waals surface area contributed by atoms with Crippen LogP contribution in [0.1, 0.15) is 31.7 Å². The van der Waals surface area contributed by atoms with Crippen LogP contribution >= 0.6 is 0 Å². The van der Waals surface area contributed by atoms with Crippen molar-refractivity contribution in [1.82, 2.24) is 4.31 Å². The maximum absolute atomic E-state index is 13.3. The number of aryl methyl sites for hydroxylation is 1. The van der Waals surface area contributed by atoms with E-state index >= 15 is 0 Å². The van der Waals surface area contributed by atoms with E-state index in [1.54, 1.807) is 23.1 Å². The second kappa shape index (κ2) is 8.80. The van der Waals surface area contributed by atoms with Gasteiger partial charge in [-0.15, -0.1) is 0 Å². The van der Waals surface area contributed by atoms with E-state index in [-0.39, 0.29) is 23.3 Å². The van der Waals surface area contributed by atoms with Crippen molar-refractivity contribution >= 4 is 33.2 Å². The van der Waals surface area contributed by atoms with Gasteiger partial charge in [0.05, 0.1) is 10.8 Å². The first-order chi connectivity index (χ1) is 14.9. The highest BCUT2D eigenvalue weighted by molar-refractivity contribution is 7.89. The zero-order chi connectivity index (χ0) is 22.0. The van der Waals surface area contributed by atoms with Crippen molar-refractivity contribution < 1.29 is 18.0 Å². The predicted molar refractivity (Wildman–Crippen MR) is 119 cm³/mol. The van der Waals surface area contributed by atoms with Crippen molar-refractivity contribution in [3.63, 3.8) is 0 Å². The largest absolute Gasteiger partial charge is 0.326 e. The number of carbonyl (C=O) groups excluding carboxylic acids is 2. The zero-order valence-electron chi connectivity index (χ0n) is 17.6. The van der Waals surface area contributed by atoms with Gasteiger partial charge in [0.2, 0.25) is 21.8 Å². The number of benzene rings is 2. The number of sulfonamides is 1. The summed E-state index contributed by atoms with van der Waals surface area (Å²) in [4.78, 5) is 26.5. The average molecular weight is 442 g/mol. The monoisotopic (exact) mass is 441 g/mol.